The number of likely N-dealkylation sites (tertiary alicyclic amines) is 1. The first-order valence-corrected chi connectivity index (χ1v) is 16.8. The molecule has 4 N–H and O–H groups in total. The molecule has 1 saturated heterocycles. The first kappa shape index (κ1) is 40.8. The van der Waals surface area contributed by atoms with E-state index < -0.39 is 70.5 Å². The third kappa shape index (κ3) is 11.3. The van der Waals surface area contributed by atoms with E-state index in [-0.39, 0.29) is 44.4 Å². The summed E-state index contributed by atoms with van der Waals surface area (Å²) in [6, 6.07) is -1.65. The molecule has 1 fully saturated rings. The third-order valence-electron chi connectivity index (χ3n) is 8.84. The minimum absolute atomic E-state index is 0.0966. The van der Waals surface area contributed by atoms with E-state index in [1.807, 2.05) is 20.8 Å². The molecule has 1 unspecified atom stereocenters. The maximum absolute atomic E-state index is 14.4. The summed E-state index contributed by atoms with van der Waals surface area (Å²) in [6.07, 6.45) is 5.69. The van der Waals surface area contributed by atoms with E-state index in [9.17, 15) is 28.8 Å². The van der Waals surface area contributed by atoms with Crippen LogP contribution in [0.2, 0.25) is 0 Å². The van der Waals surface area contributed by atoms with Gasteiger partial charge in [0, 0.05) is 13.1 Å². The standard InChI is InChI=1S/C36H55N5O8/c1-11-15-25(28(42)31(44)37-17-12-2)38-30(43)26-19-23(36(9,10)13-3)20-41(26)32(45)29(35(6,7)8)40-34(47)39-27(22(4)5)33(46)49-21-24-16-14-18-48-24/h12-14,16,18,22-23,25-27,29H,2-3,11,15,17,19-21H2,1,4-10H3,(H,37,44)(H,38,43)(H2,39,40,47)/t23-,25?,26+,27+,29-/m1/s1. The number of amides is 5. The Morgan fingerprint density at radius 1 is 1.06 bits per heavy atom. The molecule has 1 aliphatic heterocycles. The van der Waals surface area contributed by atoms with Gasteiger partial charge in [-0.05, 0) is 47.6 Å². The lowest BCUT2D eigenvalue weighted by Crippen LogP contribution is -2.61. The summed E-state index contributed by atoms with van der Waals surface area (Å²) in [5, 5.41) is 10.6. The number of carbonyl (C=O) groups is 6. The number of Topliss-reactive ketones (excluding diaryl/α,β-unsaturated/α-hetero) is 1. The molecule has 49 heavy (non-hydrogen) atoms. The number of esters is 1. The molecule has 1 aromatic heterocycles. The fraction of sp³-hybridized carbons (Fsp3) is 0.611. The van der Waals surface area contributed by atoms with Gasteiger partial charge in [0.1, 0.15) is 30.5 Å². The Balaban J connectivity index is 2.33. The summed E-state index contributed by atoms with van der Waals surface area (Å²) in [5.74, 6) is -3.44. The van der Waals surface area contributed by atoms with E-state index in [4.69, 9.17) is 9.15 Å². The SMILES string of the molecule is C=CCNC(=O)C(=O)C(CCC)NC(=O)[C@@H]1C[C@@H](C(C)(C)C=C)CN1C(=O)[C@@H](NC(=O)N[C@H](C(=O)OCc1ccco1)C(C)C)C(C)(C)C. The van der Waals surface area contributed by atoms with Gasteiger partial charge in [0.15, 0.2) is 0 Å². The molecule has 13 nitrogen and oxygen atoms in total. The fourth-order valence-electron chi connectivity index (χ4n) is 5.52. The van der Waals surface area contributed by atoms with Crippen LogP contribution in [0.5, 0.6) is 0 Å². The van der Waals surface area contributed by atoms with Gasteiger partial charge in [-0.25, -0.2) is 9.59 Å². The van der Waals surface area contributed by atoms with Gasteiger partial charge in [-0.15, -0.1) is 13.2 Å². The predicted molar refractivity (Wildman–Crippen MR) is 185 cm³/mol. The van der Waals surface area contributed by atoms with Crippen molar-refractivity contribution in [2.75, 3.05) is 13.1 Å². The number of ether oxygens (including phenoxy) is 1. The largest absolute Gasteiger partial charge is 0.466 e. The summed E-state index contributed by atoms with van der Waals surface area (Å²) >= 11 is 0. The van der Waals surface area contributed by atoms with Crippen LogP contribution in [0.3, 0.4) is 0 Å². The van der Waals surface area contributed by atoms with Crippen LogP contribution in [-0.2, 0) is 35.3 Å². The Labute approximate surface area is 290 Å². The van der Waals surface area contributed by atoms with Gasteiger partial charge in [0.25, 0.3) is 5.91 Å². The monoisotopic (exact) mass is 685 g/mol. The van der Waals surface area contributed by atoms with Crippen molar-refractivity contribution >= 4 is 35.5 Å². The molecule has 0 aromatic carbocycles. The molecular weight excluding hydrogens is 630 g/mol. The average molecular weight is 686 g/mol. The first-order chi connectivity index (χ1) is 22.9. The van der Waals surface area contributed by atoms with Crippen molar-refractivity contribution in [2.24, 2.45) is 22.7 Å². The number of hydrogen-bond donors (Lipinski definition) is 4. The molecular formula is C36H55N5O8. The number of ketones is 1. The van der Waals surface area contributed by atoms with Gasteiger partial charge in [-0.3, -0.25) is 19.2 Å². The maximum Gasteiger partial charge on any atom is 0.329 e. The number of carbonyl (C=O) groups excluding carboxylic acids is 6. The zero-order valence-electron chi connectivity index (χ0n) is 30.2. The smallest absolute Gasteiger partial charge is 0.329 e. The first-order valence-electron chi connectivity index (χ1n) is 16.8. The Morgan fingerprint density at radius 3 is 2.27 bits per heavy atom. The highest BCUT2D eigenvalue weighted by Crippen LogP contribution is 2.39. The zero-order chi connectivity index (χ0) is 37.1. The molecule has 5 amide bonds. The molecule has 1 aliphatic rings. The van der Waals surface area contributed by atoms with Crippen LogP contribution >= 0.6 is 0 Å². The van der Waals surface area contributed by atoms with E-state index >= 15 is 0 Å². The van der Waals surface area contributed by atoms with E-state index in [1.54, 1.807) is 52.8 Å². The summed E-state index contributed by atoms with van der Waals surface area (Å²) < 4.78 is 10.6. The van der Waals surface area contributed by atoms with Gasteiger partial charge >= 0.3 is 12.0 Å². The van der Waals surface area contributed by atoms with Gasteiger partial charge in [0.05, 0.1) is 12.3 Å². The summed E-state index contributed by atoms with van der Waals surface area (Å²) in [6.45, 7) is 22.2. The molecule has 0 aliphatic carbocycles. The fourth-order valence-corrected chi connectivity index (χ4v) is 5.52. The highest BCUT2D eigenvalue weighted by Gasteiger charge is 2.48. The van der Waals surface area contributed by atoms with Crippen molar-refractivity contribution in [2.45, 2.75) is 105 Å². The number of hydrogen-bond acceptors (Lipinski definition) is 8. The van der Waals surface area contributed by atoms with Crippen LogP contribution in [0.1, 0.15) is 80.4 Å². The zero-order valence-corrected chi connectivity index (χ0v) is 30.2. The molecule has 2 heterocycles. The molecule has 1 aromatic rings. The van der Waals surface area contributed by atoms with Crippen molar-refractivity contribution in [1.29, 1.82) is 0 Å². The molecule has 0 radical (unpaired) electrons. The van der Waals surface area contributed by atoms with Crippen LogP contribution in [0.15, 0.2) is 48.1 Å². The second kappa shape index (κ2) is 17.8. The van der Waals surface area contributed by atoms with E-state index in [2.05, 4.69) is 34.4 Å². The highest BCUT2D eigenvalue weighted by molar-refractivity contribution is 6.38. The maximum atomic E-state index is 14.4. The predicted octanol–water partition coefficient (Wildman–Crippen LogP) is 3.65. The van der Waals surface area contributed by atoms with Crippen molar-refractivity contribution in [3.63, 3.8) is 0 Å². The molecule has 5 atom stereocenters. The normalized spacial score (nSPS) is 18.1. The van der Waals surface area contributed by atoms with Crippen molar-refractivity contribution < 1.29 is 37.9 Å². The van der Waals surface area contributed by atoms with Crippen LogP contribution in [0.4, 0.5) is 4.79 Å². The van der Waals surface area contributed by atoms with E-state index in [0.29, 0.717) is 12.2 Å². The Bertz CT molecular complexity index is 1350. The quantitative estimate of drug-likeness (QED) is 0.109. The number of nitrogens with one attached hydrogen (secondary N) is 4. The molecule has 0 bridgehead atoms. The van der Waals surface area contributed by atoms with Crippen LogP contribution in [0, 0.1) is 22.7 Å². The van der Waals surface area contributed by atoms with Gasteiger partial charge < -0.3 is 35.3 Å². The molecule has 0 spiro atoms. The molecule has 0 saturated carbocycles. The second-order valence-electron chi connectivity index (χ2n) is 14.5. The molecule has 272 valence electrons. The van der Waals surface area contributed by atoms with Crippen LogP contribution in [-0.4, -0.2) is 77.7 Å². The third-order valence-corrected chi connectivity index (χ3v) is 8.84. The summed E-state index contributed by atoms with van der Waals surface area (Å²) in [5.41, 5.74) is -1.28. The van der Waals surface area contributed by atoms with E-state index in [1.165, 1.54) is 17.2 Å². The minimum Gasteiger partial charge on any atom is -0.466 e. The second-order valence-corrected chi connectivity index (χ2v) is 14.5. The lowest BCUT2D eigenvalue weighted by molar-refractivity contribution is -0.149. The van der Waals surface area contributed by atoms with Crippen molar-refractivity contribution in [3.05, 3.63) is 49.5 Å². The van der Waals surface area contributed by atoms with Crippen LogP contribution in [0.25, 0.3) is 0 Å². The van der Waals surface area contributed by atoms with Gasteiger partial charge in [-0.2, -0.15) is 0 Å². The molecule has 13 heteroatoms. The van der Waals surface area contributed by atoms with Crippen molar-refractivity contribution in [1.82, 2.24) is 26.2 Å². The Kier molecular flexibility index (Phi) is 14.8. The average Bonchev–Trinajstić information content (AvgIpc) is 3.73. The lowest BCUT2D eigenvalue weighted by Gasteiger charge is -2.36. The topological polar surface area (TPSA) is 176 Å². The van der Waals surface area contributed by atoms with Gasteiger partial charge in [-0.1, -0.05) is 74.0 Å². The molecule has 2 rings (SSSR count). The summed E-state index contributed by atoms with van der Waals surface area (Å²) in [7, 11) is 0. The Hall–Kier alpha value is -4.42. The number of nitrogens with zero attached hydrogens (tertiary/aromatic N) is 1. The van der Waals surface area contributed by atoms with Crippen LogP contribution < -0.4 is 21.3 Å². The van der Waals surface area contributed by atoms with E-state index in [0.717, 1.165) is 0 Å². The van der Waals surface area contributed by atoms with Crippen molar-refractivity contribution in [3.8, 4) is 0 Å². The Morgan fingerprint density at radius 2 is 1.73 bits per heavy atom. The highest BCUT2D eigenvalue weighted by atomic mass is 16.5. The number of urea groups is 1. The van der Waals surface area contributed by atoms with Gasteiger partial charge in [0.2, 0.25) is 17.6 Å². The lowest BCUT2D eigenvalue weighted by atomic mass is 9.77. The summed E-state index contributed by atoms with van der Waals surface area (Å²) in [4.78, 5) is 81.5. The number of allylic oxidation sites excluding steroid dienone is 1. The number of furan rings is 1. The minimum atomic E-state index is -1.11. The number of rotatable bonds is 17.